The second-order valence-corrected chi connectivity index (χ2v) is 1.47. The van der Waals surface area contributed by atoms with Crippen LogP contribution in [0.15, 0.2) is 16.8 Å². The second kappa shape index (κ2) is 3.72. The Morgan fingerprint density at radius 3 is 2.44 bits per heavy atom. The van der Waals surface area contributed by atoms with Gasteiger partial charge in [0.2, 0.25) is 0 Å². The van der Waals surface area contributed by atoms with Crippen LogP contribution in [0.5, 0.6) is 0 Å². The highest BCUT2D eigenvalue weighted by Gasteiger charge is 1.95. The molecule has 0 aliphatic heterocycles. The summed E-state index contributed by atoms with van der Waals surface area (Å²) in [5, 5.41) is 6.69. The Morgan fingerprint density at radius 1 is 1.78 bits per heavy atom. The van der Waals surface area contributed by atoms with E-state index in [-0.39, 0.29) is 11.4 Å². The zero-order valence-corrected chi connectivity index (χ0v) is 5.22. The van der Waals surface area contributed by atoms with Gasteiger partial charge in [-0.2, -0.15) is 0 Å². The van der Waals surface area contributed by atoms with E-state index in [9.17, 15) is 4.79 Å². The molecule has 1 N–H and O–H groups in total. The number of Topliss-reactive ketones (excluding diaryl/α,β-unsaturated/α-hetero) is 1. The monoisotopic (exact) mass is 124 g/mol. The van der Waals surface area contributed by atoms with Gasteiger partial charge in [0.15, 0.2) is 5.78 Å². The zero-order chi connectivity index (χ0) is 7.28. The topological polar surface area (TPSA) is 53.3 Å². The lowest BCUT2D eigenvalue weighted by atomic mass is 10.2. The van der Waals surface area contributed by atoms with Gasteiger partial charge in [0.05, 0.1) is 5.57 Å². The number of rotatable bonds is 3. The molecule has 0 fully saturated rings. The molecule has 0 atom stereocenters. The molecule has 3 heteroatoms. The lowest BCUT2D eigenvalue weighted by molar-refractivity contribution is -0.113. The van der Waals surface area contributed by atoms with Gasteiger partial charge in [0.25, 0.3) is 0 Å². The SMILES string of the molecule is C=N/C=C(\C=N)C(C)=O. The number of nitrogens with zero attached hydrogens (tertiary/aromatic N) is 1. The minimum atomic E-state index is -0.169. The number of allylic oxidation sites excluding steroid dienone is 1. The fourth-order valence-corrected chi connectivity index (χ4v) is 0.328. The average Bonchev–Trinajstić information content (AvgIpc) is 1.82. The summed E-state index contributed by atoms with van der Waals surface area (Å²) in [6.07, 6.45) is 2.21. The normalized spacial score (nSPS) is 10.6. The molecule has 0 saturated heterocycles. The Labute approximate surface area is 53.6 Å². The summed E-state index contributed by atoms with van der Waals surface area (Å²) < 4.78 is 0. The summed E-state index contributed by atoms with van der Waals surface area (Å²) in [6, 6.07) is 0. The Bertz CT molecular complexity index is 170. The zero-order valence-electron chi connectivity index (χ0n) is 5.22. The molecule has 9 heavy (non-hydrogen) atoms. The van der Waals surface area contributed by atoms with Crippen molar-refractivity contribution in [2.75, 3.05) is 0 Å². The van der Waals surface area contributed by atoms with Crippen molar-refractivity contribution in [1.29, 1.82) is 5.41 Å². The van der Waals surface area contributed by atoms with E-state index < -0.39 is 0 Å². The van der Waals surface area contributed by atoms with Gasteiger partial charge < -0.3 is 5.41 Å². The first-order chi connectivity index (χ1) is 4.22. The van der Waals surface area contributed by atoms with Crippen molar-refractivity contribution in [1.82, 2.24) is 0 Å². The number of hydrogen-bond acceptors (Lipinski definition) is 3. The van der Waals surface area contributed by atoms with Crippen LogP contribution in [0.1, 0.15) is 6.92 Å². The molecule has 0 bridgehead atoms. The molecule has 0 radical (unpaired) electrons. The van der Waals surface area contributed by atoms with Crippen molar-refractivity contribution in [3.63, 3.8) is 0 Å². The minimum absolute atomic E-state index is 0.169. The fourth-order valence-electron chi connectivity index (χ4n) is 0.328. The van der Waals surface area contributed by atoms with Crippen molar-refractivity contribution in [3.8, 4) is 0 Å². The summed E-state index contributed by atoms with van der Waals surface area (Å²) in [5.74, 6) is -0.169. The molecule has 0 rings (SSSR count). The molecular formula is C6H8N2O. The third kappa shape index (κ3) is 2.54. The maximum Gasteiger partial charge on any atom is 0.162 e. The van der Waals surface area contributed by atoms with E-state index in [0.29, 0.717) is 0 Å². The van der Waals surface area contributed by atoms with E-state index >= 15 is 0 Å². The van der Waals surface area contributed by atoms with E-state index in [0.717, 1.165) is 6.21 Å². The number of hydrogen-bond donors (Lipinski definition) is 1. The molecule has 0 saturated carbocycles. The van der Waals surface area contributed by atoms with Crippen LogP contribution in [0.25, 0.3) is 0 Å². The van der Waals surface area contributed by atoms with Gasteiger partial charge in [-0.25, -0.2) is 0 Å². The van der Waals surface area contributed by atoms with Crippen LogP contribution in [-0.4, -0.2) is 18.7 Å². The van der Waals surface area contributed by atoms with Gasteiger partial charge in [-0.3, -0.25) is 9.79 Å². The van der Waals surface area contributed by atoms with Gasteiger partial charge in [-0.15, -0.1) is 0 Å². The average molecular weight is 124 g/mol. The van der Waals surface area contributed by atoms with Crippen LogP contribution < -0.4 is 0 Å². The van der Waals surface area contributed by atoms with Crippen LogP contribution in [0.3, 0.4) is 0 Å². The summed E-state index contributed by atoms with van der Waals surface area (Å²) in [4.78, 5) is 13.8. The second-order valence-electron chi connectivity index (χ2n) is 1.47. The largest absolute Gasteiger partial charge is 0.308 e. The standard InChI is InChI=1S/C6H8N2O/c1-5(9)6(3-7)4-8-2/h3-4,7H,2H2,1H3/b6-4+,7-3?. The Balaban J connectivity index is 4.32. The maximum atomic E-state index is 10.5. The molecule has 0 amide bonds. The first kappa shape index (κ1) is 7.75. The van der Waals surface area contributed by atoms with Gasteiger partial charge in [-0.05, 0) is 13.6 Å². The number of carbonyl (C=O) groups excluding carboxylic acids is 1. The molecule has 0 aliphatic rings. The van der Waals surface area contributed by atoms with Crippen LogP contribution >= 0.6 is 0 Å². The first-order valence-corrected chi connectivity index (χ1v) is 2.39. The van der Waals surface area contributed by atoms with Gasteiger partial charge in [-0.1, -0.05) is 0 Å². The lowest BCUT2D eigenvalue weighted by Gasteiger charge is -1.87. The van der Waals surface area contributed by atoms with Crippen LogP contribution in [0, 0.1) is 5.41 Å². The highest BCUT2D eigenvalue weighted by Crippen LogP contribution is 1.90. The number of ketones is 1. The van der Waals surface area contributed by atoms with Crippen LogP contribution in [0.2, 0.25) is 0 Å². The molecule has 0 aromatic heterocycles. The van der Waals surface area contributed by atoms with E-state index in [1.54, 1.807) is 0 Å². The van der Waals surface area contributed by atoms with E-state index in [1.807, 2.05) is 0 Å². The molecule has 3 nitrogen and oxygen atoms in total. The van der Waals surface area contributed by atoms with E-state index in [2.05, 4.69) is 11.7 Å². The molecule has 48 valence electrons. The third-order valence-corrected chi connectivity index (χ3v) is 0.792. The molecular weight excluding hydrogens is 116 g/mol. The molecule has 0 aromatic carbocycles. The smallest absolute Gasteiger partial charge is 0.162 e. The summed E-state index contributed by atoms with van der Waals surface area (Å²) in [6.45, 7) is 4.53. The van der Waals surface area contributed by atoms with Crippen molar-refractivity contribution in [2.24, 2.45) is 4.99 Å². The Kier molecular flexibility index (Phi) is 3.20. The van der Waals surface area contributed by atoms with E-state index in [4.69, 9.17) is 5.41 Å². The predicted octanol–water partition coefficient (Wildman–Crippen LogP) is 0.809. The number of nitrogens with one attached hydrogen (secondary N) is 1. The van der Waals surface area contributed by atoms with Gasteiger partial charge >= 0.3 is 0 Å². The van der Waals surface area contributed by atoms with Gasteiger partial charge in [0.1, 0.15) is 0 Å². The summed E-state index contributed by atoms with van der Waals surface area (Å²) >= 11 is 0. The van der Waals surface area contributed by atoms with Crippen molar-refractivity contribution < 1.29 is 4.79 Å². The summed E-state index contributed by atoms with van der Waals surface area (Å²) in [5.41, 5.74) is 0.269. The highest BCUT2D eigenvalue weighted by molar-refractivity contribution is 6.11. The van der Waals surface area contributed by atoms with Crippen molar-refractivity contribution >= 4 is 18.7 Å². The first-order valence-electron chi connectivity index (χ1n) is 2.39. The summed E-state index contributed by atoms with van der Waals surface area (Å²) in [7, 11) is 0. The molecule has 0 unspecified atom stereocenters. The van der Waals surface area contributed by atoms with Crippen molar-refractivity contribution in [2.45, 2.75) is 6.92 Å². The van der Waals surface area contributed by atoms with Crippen molar-refractivity contribution in [3.05, 3.63) is 11.8 Å². The molecule has 0 aliphatic carbocycles. The minimum Gasteiger partial charge on any atom is -0.308 e. The Hall–Kier alpha value is -1.25. The lowest BCUT2D eigenvalue weighted by Crippen LogP contribution is -1.95. The molecule has 0 spiro atoms. The third-order valence-electron chi connectivity index (χ3n) is 0.792. The maximum absolute atomic E-state index is 10.5. The quantitative estimate of drug-likeness (QED) is 0.439. The molecule has 0 heterocycles. The molecule has 0 aromatic rings. The van der Waals surface area contributed by atoms with E-state index in [1.165, 1.54) is 13.1 Å². The van der Waals surface area contributed by atoms with Crippen LogP contribution in [0.4, 0.5) is 0 Å². The Morgan fingerprint density at radius 2 is 2.33 bits per heavy atom. The number of aliphatic imine (C=N–C) groups is 1. The fraction of sp³-hybridized carbons (Fsp3) is 0.167. The van der Waals surface area contributed by atoms with Gasteiger partial charge in [0, 0.05) is 12.4 Å². The number of carbonyl (C=O) groups is 1. The predicted molar refractivity (Wildman–Crippen MR) is 37.1 cm³/mol. The van der Waals surface area contributed by atoms with Crippen LogP contribution in [-0.2, 0) is 4.79 Å². The highest BCUT2D eigenvalue weighted by atomic mass is 16.1.